The van der Waals surface area contributed by atoms with E-state index in [1.54, 1.807) is 0 Å². The minimum atomic E-state index is 0.714. The van der Waals surface area contributed by atoms with Crippen LogP contribution in [-0.2, 0) is 0 Å². The molecule has 19 heavy (non-hydrogen) atoms. The van der Waals surface area contributed by atoms with Crippen LogP contribution in [0.1, 0.15) is 11.1 Å². The van der Waals surface area contributed by atoms with Crippen LogP contribution in [0.15, 0.2) is 22.9 Å². The number of aromatic nitrogens is 2. The van der Waals surface area contributed by atoms with E-state index in [2.05, 4.69) is 36.5 Å². The van der Waals surface area contributed by atoms with E-state index in [0.29, 0.717) is 5.02 Å². The van der Waals surface area contributed by atoms with Crippen molar-refractivity contribution in [2.75, 3.05) is 17.7 Å². The van der Waals surface area contributed by atoms with Gasteiger partial charge in [-0.2, -0.15) is 0 Å². The standard InChI is InChI=1S/C13H14BrClN4/c1-7-4-9(14)11(5-10(7)15)19-13-8(2)12(16-3)17-6-18-13/h4-6H,1-3H3,(H2,16,17,18,19). The number of nitrogens with zero attached hydrogens (tertiary/aromatic N) is 2. The Bertz CT molecular complexity index is 616. The highest BCUT2D eigenvalue weighted by atomic mass is 79.9. The Morgan fingerprint density at radius 1 is 1.16 bits per heavy atom. The first kappa shape index (κ1) is 14.1. The number of benzene rings is 1. The van der Waals surface area contributed by atoms with Crippen LogP contribution in [-0.4, -0.2) is 17.0 Å². The third kappa shape index (κ3) is 2.98. The largest absolute Gasteiger partial charge is 0.373 e. The van der Waals surface area contributed by atoms with Crippen molar-refractivity contribution in [2.24, 2.45) is 0 Å². The Labute approximate surface area is 125 Å². The molecule has 1 heterocycles. The maximum atomic E-state index is 6.14. The maximum Gasteiger partial charge on any atom is 0.138 e. The van der Waals surface area contributed by atoms with Crippen molar-refractivity contribution in [1.29, 1.82) is 0 Å². The summed E-state index contributed by atoms with van der Waals surface area (Å²) < 4.78 is 0.943. The minimum absolute atomic E-state index is 0.714. The van der Waals surface area contributed by atoms with E-state index >= 15 is 0 Å². The molecule has 0 unspecified atom stereocenters. The minimum Gasteiger partial charge on any atom is -0.373 e. The van der Waals surface area contributed by atoms with E-state index < -0.39 is 0 Å². The van der Waals surface area contributed by atoms with Crippen molar-refractivity contribution in [3.05, 3.63) is 39.1 Å². The SMILES string of the molecule is CNc1ncnc(Nc2cc(Cl)c(C)cc2Br)c1C. The van der Waals surface area contributed by atoms with E-state index in [4.69, 9.17) is 11.6 Å². The van der Waals surface area contributed by atoms with E-state index in [0.717, 1.165) is 32.9 Å². The number of aryl methyl sites for hydroxylation is 1. The average molecular weight is 342 g/mol. The zero-order chi connectivity index (χ0) is 14.0. The third-order valence-electron chi connectivity index (χ3n) is 2.82. The molecule has 0 bridgehead atoms. The lowest BCUT2D eigenvalue weighted by molar-refractivity contribution is 1.12. The Balaban J connectivity index is 2.39. The molecule has 1 aromatic heterocycles. The van der Waals surface area contributed by atoms with Crippen molar-refractivity contribution in [1.82, 2.24) is 9.97 Å². The summed E-state index contributed by atoms with van der Waals surface area (Å²) in [5, 5.41) is 7.00. The first-order valence-electron chi connectivity index (χ1n) is 5.75. The Morgan fingerprint density at radius 3 is 2.53 bits per heavy atom. The number of hydrogen-bond donors (Lipinski definition) is 2. The highest BCUT2D eigenvalue weighted by Crippen LogP contribution is 2.32. The molecule has 2 aromatic rings. The second-order valence-electron chi connectivity index (χ2n) is 4.15. The molecule has 0 radical (unpaired) electrons. The molecule has 2 N–H and O–H groups in total. The lowest BCUT2D eigenvalue weighted by Gasteiger charge is -2.13. The molecule has 0 fully saturated rings. The number of halogens is 2. The molecule has 100 valence electrons. The first-order valence-corrected chi connectivity index (χ1v) is 6.92. The molecule has 4 nitrogen and oxygen atoms in total. The normalized spacial score (nSPS) is 10.4. The van der Waals surface area contributed by atoms with Gasteiger partial charge in [0.15, 0.2) is 0 Å². The van der Waals surface area contributed by atoms with Crippen molar-refractivity contribution in [2.45, 2.75) is 13.8 Å². The summed E-state index contributed by atoms with van der Waals surface area (Å²) in [6.45, 7) is 3.92. The molecule has 6 heteroatoms. The number of rotatable bonds is 3. The van der Waals surface area contributed by atoms with Gasteiger partial charge in [-0.3, -0.25) is 0 Å². The van der Waals surface area contributed by atoms with E-state index in [1.165, 1.54) is 6.33 Å². The van der Waals surface area contributed by atoms with Crippen LogP contribution >= 0.6 is 27.5 Å². The van der Waals surface area contributed by atoms with Gasteiger partial charge in [0, 0.05) is 22.1 Å². The highest BCUT2D eigenvalue weighted by molar-refractivity contribution is 9.10. The van der Waals surface area contributed by atoms with Crippen molar-refractivity contribution in [3.63, 3.8) is 0 Å². The number of hydrogen-bond acceptors (Lipinski definition) is 4. The van der Waals surface area contributed by atoms with Crippen molar-refractivity contribution >= 4 is 44.9 Å². The summed E-state index contributed by atoms with van der Waals surface area (Å²) in [4.78, 5) is 8.40. The van der Waals surface area contributed by atoms with Crippen LogP contribution < -0.4 is 10.6 Å². The Hall–Kier alpha value is -1.33. The molecular formula is C13H14BrClN4. The predicted molar refractivity (Wildman–Crippen MR) is 83.5 cm³/mol. The van der Waals surface area contributed by atoms with Crippen LogP contribution in [0.3, 0.4) is 0 Å². The first-order chi connectivity index (χ1) is 9.02. The van der Waals surface area contributed by atoms with Crippen LogP contribution in [0.5, 0.6) is 0 Å². The fourth-order valence-electron chi connectivity index (χ4n) is 1.70. The smallest absolute Gasteiger partial charge is 0.138 e. The molecule has 2 rings (SSSR count). The van der Waals surface area contributed by atoms with Gasteiger partial charge in [0.2, 0.25) is 0 Å². The van der Waals surface area contributed by atoms with Crippen LogP contribution in [0.4, 0.5) is 17.3 Å². The van der Waals surface area contributed by atoms with Gasteiger partial charge in [-0.1, -0.05) is 11.6 Å². The Kier molecular flexibility index (Phi) is 4.27. The van der Waals surface area contributed by atoms with Crippen molar-refractivity contribution in [3.8, 4) is 0 Å². The third-order valence-corrected chi connectivity index (χ3v) is 3.89. The number of anilines is 3. The molecule has 1 aromatic carbocycles. The van der Waals surface area contributed by atoms with Gasteiger partial charge in [0.1, 0.15) is 18.0 Å². The molecule has 0 saturated carbocycles. The van der Waals surface area contributed by atoms with Gasteiger partial charge in [-0.05, 0) is 47.5 Å². The van der Waals surface area contributed by atoms with Gasteiger partial charge in [0.05, 0.1) is 5.69 Å². The highest BCUT2D eigenvalue weighted by Gasteiger charge is 2.09. The van der Waals surface area contributed by atoms with Gasteiger partial charge < -0.3 is 10.6 Å². The summed E-state index contributed by atoms with van der Waals surface area (Å²) in [6.07, 6.45) is 1.52. The number of nitrogens with one attached hydrogen (secondary N) is 2. The molecule has 0 aliphatic heterocycles. The summed E-state index contributed by atoms with van der Waals surface area (Å²) in [5.74, 6) is 1.55. The summed E-state index contributed by atoms with van der Waals surface area (Å²) in [6, 6.07) is 3.85. The molecule has 0 amide bonds. The second kappa shape index (κ2) is 5.75. The summed E-state index contributed by atoms with van der Waals surface area (Å²) in [5.41, 5.74) is 2.85. The fourth-order valence-corrected chi connectivity index (χ4v) is 2.42. The van der Waals surface area contributed by atoms with Gasteiger partial charge in [0.25, 0.3) is 0 Å². The summed E-state index contributed by atoms with van der Waals surface area (Å²) >= 11 is 9.66. The van der Waals surface area contributed by atoms with Crippen molar-refractivity contribution < 1.29 is 0 Å². The zero-order valence-corrected chi connectivity index (χ0v) is 13.2. The molecule has 0 aliphatic rings. The quantitative estimate of drug-likeness (QED) is 0.874. The van der Waals surface area contributed by atoms with Crippen LogP contribution in [0.2, 0.25) is 5.02 Å². The van der Waals surface area contributed by atoms with Crippen LogP contribution in [0, 0.1) is 13.8 Å². The molecular weight excluding hydrogens is 328 g/mol. The maximum absolute atomic E-state index is 6.14. The topological polar surface area (TPSA) is 49.8 Å². The van der Waals surface area contributed by atoms with E-state index in [-0.39, 0.29) is 0 Å². The monoisotopic (exact) mass is 340 g/mol. The lowest BCUT2D eigenvalue weighted by Crippen LogP contribution is -2.03. The lowest BCUT2D eigenvalue weighted by atomic mass is 10.2. The van der Waals surface area contributed by atoms with Gasteiger partial charge in [-0.15, -0.1) is 0 Å². The van der Waals surface area contributed by atoms with Gasteiger partial charge in [-0.25, -0.2) is 9.97 Å². The second-order valence-corrected chi connectivity index (χ2v) is 5.41. The molecule has 0 aliphatic carbocycles. The van der Waals surface area contributed by atoms with Gasteiger partial charge >= 0.3 is 0 Å². The van der Waals surface area contributed by atoms with E-state index in [9.17, 15) is 0 Å². The molecule has 0 atom stereocenters. The molecule has 0 saturated heterocycles. The van der Waals surface area contributed by atoms with E-state index in [1.807, 2.05) is 33.0 Å². The average Bonchev–Trinajstić information content (AvgIpc) is 2.38. The summed E-state index contributed by atoms with van der Waals surface area (Å²) in [7, 11) is 1.83. The molecule has 0 spiro atoms. The Morgan fingerprint density at radius 2 is 1.84 bits per heavy atom. The van der Waals surface area contributed by atoms with Crippen LogP contribution in [0.25, 0.3) is 0 Å². The fraction of sp³-hybridized carbons (Fsp3) is 0.231. The predicted octanol–water partition coefficient (Wildman–Crippen LogP) is 4.29. The zero-order valence-electron chi connectivity index (χ0n) is 10.9.